The quantitative estimate of drug-likeness (QED) is 0.447. The van der Waals surface area contributed by atoms with Crippen LogP contribution in [0.25, 0.3) is 33.0 Å². The molecule has 2 amide bonds. The number of aryl methyl sites for hydroxylation is 1. The van der Waals surface area contributed by atoms with Crippen molar-refractivity contribution in [2.75, 3.05) is 6.61 Å². The number of aromatic amines is 1. The lowest BCUT2D eigenvalue weighted by Gasteiger charge is -2.03. The second-order valence-electron chi connectivity index (χ2n) is 7.23. The molecule has 0 bridgehead atoms. The molecule has 0 aliphatic carbocycles. The van der Waals surface area contributed by atoms with Gasteiger partial charge in [0.1, 0.15) is 5.82 Å². The zero-order valence-corrected chi connectivity index (χ0v) is 15.9. The van der Waals surface area contributed by atoms with Gasteiger partial charge in [-0.3, -0.25) is 14.9 Å². The standard InChI is InChI=1S/C23H18FN3O3/c24-16-6-3-8-18-19(16)15(12-27(18)9-4-10-28)21-20(22(29)26-23(21)30)14-11-25-17-7-2-1-5-13(14)17/h1-3,5-8,11-12,25,28H,4,9-10H2,(H,26,29,30). The fourth-order valence-corrected chi connectivity index (χ4v) is 4.17. The Labute approximate surface area is 170 Å². The van der Waals surface area contributed by atoms with Crippen LogP contribution in [-0.4, -0.2) is 33.1 Å². The van der Waals surface area contributed by atoms with Crippen LogP contribution in [0.15, 0.2) is 54.9 Å². The molecule has 0 unspecified atom stereocenters. The van der Waals surface area contributed by atoms with Gasteiger partial charge in [0.2, 0.25) is 0 Å². The van der Waals surface area contributed by atoms with Gasteiger partial charge < -0.3 is 14.7 Å². The summed E-state index contributed by atoms with van der Waals surface area (Å²) in [6.07, 6.45) is 3.87. The summed E-state index contributed by atoms with van der Waals surface area (Å²) in [4.78, 5) is 28.7. The maximum absolute atomic E-state index is 14.9. The number of hydrogen-bond acceptors (Lipinski definition) is 3. The van der Waals surface area contributed by atoms with Gasteiger partial charge in [0.15, 0.2) is 0 Å². The van der Waals surface area contributed by atoms with E-state index in [1.54, 1.807) is 29.1 Å². The lowest BCUT2D eigenvalue weighted by Crippen LogP contribution is -2.22. The molecule has 0 fully saturated rings. The Balaban J connectivity index is 1.82. The molecule has 30 heavy (non-hydrogen) atoms. The Morgan fingerprint density at radius 2 is 1.73 bits per heavy atom. The van der Waals surface area contributed by atoms with Crippen LogP contribution in [0.3, 0.4) is 0 Å². The number of fused-ring (bicyclic) bond motifs is 2. The van der Waals surface area contributed by atoms with Crippen LogP contribution in [0.2, 0.25) is 0 Å². The number of H-pyrrole nitrogens is 1. The van der Waals surface area contributed by atoms with Gasteiger partial charge in [-0.2, -0.15) is 0 Å². The summed E-state index contributed by atoms with van der Waals surface area (Å²) >= 11 is 0. The van der Waals surface area contributed by atoms with E-state index in [4.69, 9.17) is 0 Å². The van der Waals surface area contributed by atoms with Gasteiger partial charge in [-0.05, 0) is 24.6 Å². The predicted octanol–water partition coefficient (Wildman–Crippen LogP) is 3.21. The molecule has 3 N–H and O–H groups in total. The molecular weight excluding hydrogens is 385 g/mol. The summed E-state index contributed by atoms with van der Waals surface area (Å²) in [5, 5.41) is 12.7. The van der Waals surface area contributed by atoms with Gasteiger partial charge in [0.05, 0.1) is 16.7 Å². The van der Waals surface area contributed by atoms with E-state index in [2.05, 4.69) is 10.3 Å². The first-order chi connectivity index (χ1) is 14.6. The van der Waals surface area contributed by atoms with Crippen molar-refractivity contribution in [1.29, 1.82) is 0 Å². The van der Waals surface area contributed by atoms with Gasteiger partial charge in [0, 0.05) is 53.0 Å². The summed E-state index contributed by atoms with van der Waals surface area (Å²) in [6.45, 7) is 0.453. The van der Waals surface area contributed by atoms with E-state index in [1.807, 2.05) is 24.3 Å². The highest BCUT2D eigenvalue weighted by Gasteiger charge is 2.35. The van der Waals surface area contributed by atoms with E-state index in [0.717, 1.165) is 10.9 Å². The molecule has 0 saturated heterocycles. The Hall–Kier alpha value is -3.71. The SMILES string of the molecule is O=C1NC(=O)C(c2cn(CCCO)c3cccc(F)c23)=C1c1c[nH]c2ccccc12. The van der Waals surface area contributed by atoms with E-state index in [-0.39, 0.29) is 23.1 Å². The average molecular weight is 403 g/mol. The van der Waals surface area contributed by atoms with E-state index in [9.17, 15) is 19.1 Å². The number of nitrogens with zero attached hydrogens (tertiary/aromatic N) is 1. The number of amides is 2. The van der Waals surface area contributed by atoms with Crippen LogP contribution >= 0.6 is 0 Å². The molecule has 1 aliphatic heterocycles. The lowest BCUT2D eigenvalue weighted by molar-refractivity contribution is -0.122. The Bertz CT molecular complexity index is 1360. The van der Waals surface area contributed by atoms with Crippen molar-refractivity contribution in [2.24, 2.45) is 0 Å². The summed E-state index contributed by atoms with van der Waals surface area (Å²) in [7, 11) is 0. The molecule has 0 atom stereocenters. The van der Waals surface area contributed by atoms with Crippen molar-refractivity contribution in [3.05, 3.63) is 71.8 Å². The fraction of sp³-hybridized carbons (Fsp3) is 0.130. The van der Waals surface area contributed by atoms with Gasteiger partial charge in [0.25, 0.3) is 11.8 Å². The summed E-state index contributed by atoms with van der Waals surface area (Å²) in [6, 6.07) is 12.2. The zero-order valence-electron chi connectivity index (χ0n) is 15.9. The van der Waals surface area contributed by atoms with E-state index in [1.165, 1.54) is 6.07 Å². The van der Waals surface area contributed by atoms with Crippen molar-refractivity contribution in [3.63, 3.8) is 0 Å². The molecule has 7 heteroatoms. The third-order valence-electron chi connectivity index (χ3n) is 5.47. The van der Waals surface area contributed by atoms with E-state index < -0.39 is 17.6 Å². The number of carbonyl (C=O) groups is 2. The molecule has 6 nitrogen and oxygen atoms in total. The van der Waals surface area contributed by atoms with Crippen molar-refractivity contribution >= 4 is 44.8 Å². The first kappa shape index (κ1) is 18.3. The first-order valence-electron chi connectivity index (χ1n) is 9.65. The zero-order chi connectivity index (χ0) is 20.8. The summed E-state index contributed by atoms with van der Waals surface area (Å²) < 4.78 is 16.7. The molecule has 150 valence electrons. The van der Waals surface area contributed by atoms with Crippen LogP contribution in [0.1, 0.15) is 17.5 Å². The normalized spacial score (nSPS) is 14.3. The number of aliphatic hydroxyl groups is 1. The highest BCUT2D eigenvalue weighted by molar-refractivity contribution is 6.50. The number of halogens is 1. The minimum atomic E-state index is -0.551. The van der Waals surface area contributed by atoms with Gasteiger partial charge >= 0.3 is 0 Å². The third-order valence-corrected chi connectivity index (χ3v) is 5.47. The smallest absolute Gasteiger partial charge is 0.259 e. The average Bonchev–Trinajstić information content (AvgIpc) is 3.40. The van der Waals surface area contributed by atoms with Crippen LogP contribution in [0, 0.1) is 5.82 Å². The molecule has 0 saturated carbocycles. The number of aliphatic hydroxyl groups excluding tert-OH is 1. The monoisotopic (exact) mass is 403 g/mol. The third kappa shape index (κ3) is 2.67. The molecule has 2 aromatic carbocycles. The number of benzene rings is 2. The highest BCUT2D eigenvalue weighted by Crippen LogP contribution is 2.39. The maximum Gasteiger partial charge on any atom is 0.259 e. The van der Waals surface area contributed by atoms with Crippen molar-refractivity contribution < 1.29 is 19.1 Å². The fourth-order valence-electron chi connectivity index (χ4n) is 4.17. The predicted molar refractivity (Wildman–Crippen MR) is 112 cm³/mol. The van der Waals surface area contributed by atoms with Crippen LogP contribution in [-0.2, 0) is 16.1 Å². The Morgan fingerprint density at radius 1 is 0.967 bits per heavy atom. The largest absolute Gasteiger partial charge is 0.396 e. The number of para-hydroxylation sites is 1. The maximum atomic E-state index is 14.9. The first-order valence-corrected chi connectivity index (χ1v) is 9.65. The second-order valence-corrected chi connectivity index (χ2v) is 7.23. The molecule has 1 aliphatic rings. The molecule has 0 radical (unpaired) electrons. The van der Waals surface area contributed by atoms with Crippen molar-refractivity contribution in [3.8, 4) is 0 Å². The van der Waals surface area contributed by atoms with Crippen LogP contribution < -0.4 is 5.32 Å². The number of hydrogen-bond donors (Lipinski definition) is 3. The van der Waals surface area contributed by atoms with Crippen molar-refractivity contribution in [2.45, 2.75) is 13.0 Å². The van der Waals surface area contributed by atoms with Crippen LogP contribution in [0.4, 0.5) is 4.39 Å². The second kappa shape index (κ2) is 6.96. The molecule has 0 spiro atoms. The lowest BCUT2D eigenvalue weighted by atomic mass is 9.95. The molecule has 3 heterocycles. The minimum Gasteiger partial charge on any atom is -0.396 e. The van der Waals surface area contributed by atoms with Gasteiger partial charge in [-0.25, -0.2) is 4.39 Å². The summed E-state index contributed by atoms with van der Waals surface area (Å²) in [5.74, 6) is -1.53. The number of imide groups is 1. The topological polar surface area (TPSA) is 87.1 Å². The minimum absolute atomic E-state index is 0.00736. The number of rotatable bonds is 5. The Morgan fingerprint density at radius 3 is 2.53 bits per heavy atom. The van der Waals surface area contributed by atoms with Gasteiger partial charge in [-0.1, -0.05) is 24.3 Å². The van der Waals surface area contributed by atoms with E-state index >= 15 is 0 Å². The summed E-state index contributed by atoms with van der Waals surface area (Å²) in [5.41, 5.74) is 2.78. The Kier molecular flexibility index (Phi) is 4.25. The van der Waals surface area contributed by atoms with Crippen LogP contribution in [0.5, 0.6) is 0 Å². The molecular formula is C23H18FN3O3. The van der Waals surface area contributed by atoms with Crippen molar-refractivity contribution in [1.82, 2.24) is 14.9 Å². The molecule has 4 aromatic rings. The number of nitrogens with one attached hydrogen (secondary N) is 2. The number of aromatic nitrogens is 2. The highest BCUT2D eigenvalue weighted by atomic mass is 19.1. The van der Waals surface area contributed by atoms with E-state index in [0.29, 0.717) is 29.6 Å². The van der Waals surface area contributed by atoms with Gasteiger partial charge in [-0.15, -0.1) is 0 Å². The number of carbonyl (C=O) groups excluding carboxylic acids is 2. The molecule has 5 rings (SSSR count). The molecule has 2 aromatic heterocycles.